The van der Waals surface area contributed by atoms with Crippen molar-refractivity contribution in [3.63, 3.8) is 0 Å². The number of nitrogens with one attached hydrogen (secondary N) is 1. The largest absolute Gasteiger partial charge is 0.497 e. The van der Waals surface area contributed by atoms with Crippen molar-refractivity contribution >= 4 is 23.1 Å². The highest BCUT2D eigenvalue weighted by Crippen LogP contribution is 2.24. The number of amides is 1. The Morgan fingerprint density at radius 1 is 1.00 bits per heavy atom. The Morgan fingerprint density at radius 2 is 1.81 bits per heavy atom. The van der Waals surface area contributed by atoms with E-state index in [9.17, 15) is 9.18 Å². The average molecular weight is 420 g/mol. The van der Waals surface area contributed by atoms with Crippen LogP contribution in [0.5, 0.6) is 5.75 Å². The summed E-state index contributed by atoms with van der Waals surface area (Å²) >= 11 is 0. The second-order valence-corrected chi connectivity index (χ2v) is 7.34. The first-order valence-electron chi connectivity index (χ1n) is 10.3. The predicted molar refractivity (Wildman–Crippen MR) is 120 cm³/mol. The van der Waals surface area contributed by atoms with Crippen LogP contribution >= 0.6 is 0 Å². The Labute approximate surface area is 181 Å². The zero-order valence-electron chi connectivity index (χ0n) is 17.4. The minimum absolute atomic E-state index is 0.108. The van der Waals surface area contributed by atoms with Gasteiger partial charge in [-0.3, -0.25) is 4.79 Å². The summed E-state index contributed by atoms with van der Waals surface area (Å²) in [5.74, 6) is 0.677. The third-order valence-electron chi connectivity index (χ3n) is 5.39. The smallest absolute Gasteiger partial charge is 0.257 e. The fourth-order valence-corrected chi connectivity index (χ4v) is 3.71. The van der Waals surface area contributed by atoms with E-state index in [1.165, 1.54) is 6.07 Å². The zero-order valence-corrected chi connectivity index (χ0v) is 17.4. The Morgan fingerprint density at radius 3 is 2.58 bits per heavy atom. The first-order chi connectivity index (χ1) is 15.2. The van der Waals surface area contributed by atoms with Gasteiger partial charge in [-0.05, 0) is 55.0 Å². The van der Waals surface area contributed by atoms with Crippen LogP contribution in [0.25, 0.3) is 0 Å². The molecule has 1 aliphatic rings. The monoisotopic (exact) mass is 420 g/mol. The van der Waals surface area contributed by atoms with Crippen LogP contribution in [0.3, 0.4) is 0 Å². The van der Waals surface area contributed by atoms with Gasteiger partial charge < -0.3 is 19.9 Å². The van der Waals surface area contributed by atoms with E-state index in [0.29, 0.717) is 24.5 Å². The van der Waals surface area contributed by atoms with E-state index in [1.54, 1.807) is 43.6 Å². The molecule has 2 heterocycles. The van der Waals surface area contributed by atoms with Crippen LogP contribution in [-0.4, -0.2) is 49.1 Å². The lowest BCUT2D eigenvalue weighted by Gasteiger charge is -2.24. The fraction of sp³-hybridized carbons (Fsp3) is 0.250. The van der Waals surface area contributed by atoms with E-state index in [2.05, 4.69) is 15.2 Å². The molecule has 0 atom stereocenters. The summed E-state index contributed by atoms with van der Waals surface area (Å²) in [4.78, 5) is 21.7. The molecule has 1 saturated heterocycles. The number of halogens is 1. The van der Waals surface area contributed by atoms with Gasteiger partial charge in [-0.2, -0.15) is 0 Å². The average Bonchev–Trinajstić information content (AvgIpc) is 3.07. The topological polar surface area (TPSA) is 57.7 Å². The number of rotatable bonds is 5. The van der Waals surface area contributed by atoms with Gasteiger partial charge in [0.25, 0.3) is 5.91 Å². The molecule has 1 N–H and O–H groups in total. The van der Waals surface area contributed by atoms with Crippen molar-refractivity contribution < 1.29 is 13.9 Å². The van der Waals surface area contributed by atoms with Gasteiger partial charge >= 0.3 is 0 Å². The summed E-state index contributed by atoms with van der Waals surface area (Å²) in [6.45, 7) is 2.84. The molecule has 2 aromatic carbocycles. The van der Waals surface area contributed by atoms with Gasteiger partial charge in [-0.15, -0.1) is 0 Å². The van der Waals surface area contributed by atoms with E-state index in [-0.39, 0.29) is 11.6 Å². The summed E-state index contributed by atoms with van der Waals surface area (Å²) in [5, 5.41) is 2.97. The molecule has 0 radical (unpaired) electrons. The van der Waals surface area contributed by atoms with Crippen molar-refractivity contribution in [3.05, 3.63) is 78.2 Å². The number of benzene rings is 2. The molecule has 0 bridgehead atoms. The number of methoxy groups -OCH3 is 1. The number of nitrogens with zero attached hydrogens (tertiary/aromatic N) is 3. The summed E-state index contributed by atoms with van der Waals surface area (Å²) in [6, 6.07) is 17.8. The van der Waals surface area contributed by atoms with Gasteiger partial charge in [0.15, 0.2) is 0 Å². The van der Waals surface area contributed by atoms with Crippen molar-refractivity contribution in [1.82, 2.24) is 9.88 Å². The van der Waals surface area contributed by atoms with Gasteiger partial charge in [0, 0.05) is 38.1 Å². The summed E-state index contributed by atoms with van der Waals surface area (Å²) < 4.78 is 19.3. The van der Waals surface area contributed by atoms with Crippen molar-refractivity contribution in [1.29, 1.82) is 0 Å². The minimum Gasteiger partial charge on any atom is -0.497 e. The Kier molecular flexibility index (Phi) is 6.31. The highest BCUT2D eigenvalue weighted by Gasteiger charge is 2.23. The van der Waals surface area contributed by atoms with E-state index < -0.39 is 5.82 Å². The molecular weight excluding hydrogens is 395 g/mol. The molecule has 3 aromatic rings. The third-order valence-corrected chi connectivity index (χ3v) is 5.39. The molecule has 0 unspecified atom stereocenters. The van der Waals surface area contributed by atoms with Crippen LogP contribution in [0.1, 0.15) is 16.8 Å². The second-order valence-electron chi connectivity index (χ2n) is 7.34. The maximum atomic E-state index is 14.1. The number of hydrogen-bond donors (Lipinski definition) is 1. The van der Waals surface area contributed by atoms with Gasteiger partial charge in [-0.1, -0.05) is 12.1 Å². The van der Waals surface area contributed by atoms with Crippen LogP contribution < -0.4 is 15.0 Å². The molecule has 0 saturated carbocycles. The Bertz CT molecular complexity index is 1040. The van der Waals surface area contributed by atoms with Gasteiger partial charge in [0.2, 0.25) is 0 Å². The summed E-state index contributed by atoms with van der Waals surface area (Å²) in [5.41, 5.74) is 1.83. The third kappa shape index (κ3) is 4.77. The van der Waals surface area contributed by atoms with Crippen LogP contribution in [-0.2, 0) is 0 Å². The highest BCUT2D eigenvalue weighted by atomic mass is 19.1. The van der Waals surface area contributed by atoms with Gasteiger partial charge in [0.1, 0.15) is 17.4 Å². The Balaban J connectivity index is 1.48. The fourth-order valence-electron chi connectivity index (χ4n) is 3.71. The first kappa shape index (κ1) is 20.7. The van der Waals surface area contributed by atoms with E-state index in [0.717, 1.165) is 30.9 Å². The molecule has 1 aliphatic heterocycles. The van der Waals surface area contributed by atoms with Crippen LogP contribution in [0.2, 0.25) is 0 Å². The van der Waals surface area contributed by atoms with E-state index in [4.69, 9.17) is 4.74 Å². The molecule has 1 fully saturated rings. The first-order valence-corrected chi connectivity index (χ1v) is 10.3. The quantitative estimate of drug-likeness (QED) is 0.666. The SMILES string of the molecule is COc1ccc(N2CCCN(C(=O)c3cccnc3Nc3ccccc3F)CC2)cc1. The number of para-hydroxylation sites is 1. The molecule has 4 rings (SSSR count). The highest BCUT2D eigenvalue weighted by molar-refractivity contribution is 5.99. The van der Waals surface area contributed by atoms with Crippen molar-refractivity contribution in [3.8, 4) is 5.75 Å². The molecule has 31 heavy (non-hydrogen) atoms. The lowest BCUT2D eigenvalue weighted by Crippen LogP contribution is -2.35. The lowest BCUT2D eigenvalue weighted by molar-refractivity contribution is 0.0767. The van der Waals surface area contributed by atoms with Crippen molar-refractivity contribution in [2.75, 3.05) is 43.5 Å². The maximum absolute atomic E-state index is 14.1. The Hall–Kier alpha value is -3.61. The number of carbonyl (C=O) groups is 1. The number of ether oxygens (including phenoxy) is 1. The second kappa shape index (κ2) is 9.47. The number of hydrogen-bond acceptors (Lipinski definition) is 5. The number of carbonyl (C=O) groups excluding carboxylic acids is 1. The molecule has 7 heteroatoms. The zero-order chi connectivity index (χ0) is 21.6. The molecule has 0 spiro atoms. The molecular formula is C24H25FN4O2. The van der Waals surface area contributed by atoms with Crippen LogP contribution in [0.15, 0.2) is 66.9 Å². The van der Waals surface area contributed by atoms with E-state index in [1.807, 2.05) is 29.2 Å². The van der Waals surface area contributed by atoms with Crippen molar-refractivity contribution in [2.24, 2.45) is 0 Å². The molecule has 160 valence electrons. The van der Waals surface area contributed by atoms with Crippen molar-refractivity contribution in [2.45, 2.75) is 6.42 Å². The van der Waals surface area contributed by atoms with Gasteiger partial charge in [0.05, 0.1) is 18.4 Å². The molecule has 0 aliphatic carbocycles. The summed E-state index contributed by atoms with van der Waals surface area (Å²) in [7, 11) is 1.65. The lowest BCUT2D eigenvalue weighted by atomic mass is 10.2. The molecule has 6 nitrogen and oxygen atoms in total. The summed E-state index contributed by atoms with van der Waals surface area (Å²) in [6.07, 6.45) is 2.45. The minimum atomic E-state index is -0.392. The number of anilines is 3. The number of pyridine rings is 1. The standard InChI is InChI=1S/C24H25FN4O2/c1-31-19-11-9-18(10-12-19)28-14-5-15-29(17-16-28)24(30)20-6-4-13-26-23(20)27-22-8-3-2-7-21(22)25/h2-4,6-13H,5,14-17H2,1H3,(H,26,27). The molecule has 1 amide bonds. The maximum Gasteiger partial charge on any atom is 0.257 e. The van der Waals surface area contributed by atoms with Crippen LogP contribution in [0.4, 0.5) is 21.6 Å². The van der Waals surface area contributed by atoms with E-state index >= 15 is 0 Å². The van der Waals surface area contributed by atoms with Gasteiger partial charge in [-0.25, -0.2) is 9.37 Å². The molecule has 1 aromatic heterocycles. The van der Waals surface area contributed by atoms with Crippen LogP contribution in [0, 0.1) is 5.82 Å². The predicted octanol–water partition coefficient (Wildman–Crippen LogP) is 4.33. The number of aromatic nitrogens is 1. The normalized spacial score (nSPS) is 14.1.